The first kappa shape index (κ1) is 26.5. The van der Waals surface area contributed by atoms with Crippen LogP contribution in [0.2, 0.25) is 5.15 Å². The summed E-state index contributed by atoms with van der Waals surface area (Å²) < 4.78 is 17.8. The van der Waals surface area contributed by atoms with E-state index >= 15 is 0 Å². The molecule has 3 N–H and O–H groups in total. The molecule has 1 fully saturated rings. The van der Waals surface area contributed by atoms with E-state index in [9.17, 15) is 4.79 Å². The summed E-state index contributed by atoms with van der Waals surface area (Å²) in [5, 5.41) is 3.30. The van der Waals surface area contributed by atoms with Crippen molar-refractivity contribution in [1.82, 2.24) is 24.8 Å². The van der Waals surface area contributed by atoms with Gasteiger partial charge in [-0.25, -0.2) is 19.3 Å². The molecule has 3 heterocycles. The number of hydrogen-bond donors (Lipinski definition) is 2. The van der Waals surface area contributed by atoms with E-state index in [2.05, 4.69) is 20.3 Å². The van der Waals surface area contributed by atoms with Gasteiger partial charge in [-0.3, -0.25) is 4.98 Å². The van der Waals surface area contributed by atoms with Gasteiger partial charge in [0.05, 0.1) is 56.2 Å². The maximum absolute atomic E-state index is 13.2. The van der Waals surface area contributed by atoms with E-state index in [-0.39, 0.29) is 29.9 Å². The molecule has 1 aliphatic carbocycles. The Hall–Kier alpha value is -4.09. The number of nitrogens with zero attached hydrogens (tertiary/aromatic N) is 5. The third-order valence-electron chi connectivity index (χ3n) is 6.80. The van der Waals surface area contributed by atoms with E-state index in [1.807, 2.05) is 36.2 Å². The first-order valence-corrected chi connectivity index (χ1v) is 12.8. The number of halogens is 1. The minimum absolute atomic E-state index is 0.142. The van der Waals surface area contributed by atoms with Crippen LogP contribution < -0.4 is 25.4 Å². The molecule has 0 unspecified atom stereocenters. The Morgan fingerprint density at radius 1 is 1.18 bits per heavy atom. The van der Waals surface area contributed by atoms with Crippen molar-refractivity contribution in [3.05, 3.63) is 65.3 Å². The van der Waals surface area contributed by atoms with Crippen LogP contribution in [0.5, 0.6) is 11.5 Å². The number of nitrogens with one attached hydrogen (secondary N) is 1. The lowest BCUT2D eigenvalue weighted by Gasteiger charge is -2.36. The second-order valence-corrected chi connectivity index (χ2v) is 9.74. The molecule has 39 heavy (non-hydrogen) atoms. The lowest BCUT2D eigenvalue weighted by Crippen LogP contribution is -2.52. The molecule has 0 saturated heterocycles. The number of carbonyl (C=O) groups excluding carboxylic acids is 1. The lowest BCUT2D eigenvalue weighted by molar-refractivity contribution is -0.0335. The van der Waals surface area contributed by atoms with Gasteiger partial charge in [-0.15, -0.1) is 0 Å². The molecule has 1 saturated carbocycles. The highest BCUT2D eigenvalue weighted by Gasteiger charge is 2.34. The zero-order valence-corrected chi connectivity index (χ0v) is 22.7. The Morgan fingerprint density at radius 3 is 2.64 bits per heavy atom. The fourth-order valence-corrected chi connectivity index (χ4v) is 4.67. The van der Waals surface area contributed by atoms with Gasteiger partial charge in [-0.2, -0.15) is 0 Å². The number of nitrogen functional groups attached to an aromatic ring is 1. The number of nitrogens with two attached hydrogens (primary N) is 1. The summed E-state index contributed by atoms with van der Waals surface area (Å²) in [6.45, 7) is 0.884. The topological polar surface area (TPSA) is 130 Å². The summed E-state index contributed by atoms with van der Waals surface area (Å²) in [6, 6.07) is 10.8. The Balaban J connectivity index is 1.26. The number of benzene rings is 1. The van der Waals surface area contributed by atoms with Crippen molar-refractivity contribution >= 4 is 40.2 Å². The fraction of sp³-hybridized carbons (Fsp3) is 0.333. The number of pyridine rings is 2. The lowest BCUT2D eigenvalue weighted by atomic mass is 9.89. The predicted molar refractivity (Wildman–Crippen MR) is 148 cm³/mol. The van der Waals surface area contributed by atoms with Gasteiger partial charge in [-0.1, -0.05) is 23.7 Å². The molecule has 0 spiro atoms. The molecular formula is C27H30ClN7O4. The molecule has 1 amide bonds. The molecule has 12 heteroatoms. The molecule has 0 radical (unpaired) electrons. The number of amides is 1. The molecule has 0 bridgehead atoms. The van der Waals surface area contributed by atoms with Crippen LogP contribution in [0.4, 0.5) is 16.2 Å². The number of anilines is 2. The Bertz CT molecular complexity index is 1480. The standard InChI is InChI=1S/C27H30ClN7O4/c1-34(13-16-4-6-18(37-2)7-5-16)21-11-24(28)33-26-25(21)31-15-35(26)27(36)32-20-8-9-22(20)39-14-17-10-19(29)23(38-3)12-30-17/h4-7,10-12,15,20,22H,8-9,13-14H2,1-3H3,(H2,29,30)(H,32,36)/t20-,22-/m1/s1. The molecule has 2 atom stereocenters. The summed E-state index contributed by atoms with van der Waals surface area (Å²) in [5.41, 5.74) is 9.96. The number of fused-ring (bicyclic) bond motifs is 1. The monoisotopic (exact) mass is 551 g/mol. The third-order valence-corrected chi connectivity index (χ3v) is 7.00. The second-order valence-electron chi connectivity index (χ2n) is 9.36. The molecular weight excluding hydrogens is 522 g/mol. The number of methoxy groups -OCH3 is 2. The number of aromatic nitrogens is 4. The number of ether oxygens (including phenoxy) is 3. The van der Waals surface area contributed by atoms with E-state index in [1.165, 1.54) is 10.9 Å². The Kier molecular flexibility index (Phi) is 7.71. The highest BCUT2D eigenvalue weighted by molar-refractivity contribution is 6.30. The second kappa shape index (κ2) is 11.3. The first-order chi connectivity index (χ1) is 18.9. The Labute approximate surface area is 230 Å². The van der Waals surface area contributed by atoms with Crippen molar-refractivity contribution < 1.29 is 19.0 Å². The minimum atomic E-state index is -0.346. The summed E-state index contributed by atoms with van der Waals surface area (Å²) >= 11 is 6.37. The Morgan fingerprint density at radius 2 is 1.97 bits per heavy atom. The van der Waals surface area contributed by atoms with Crippen LogP contribution in [0.25, 0.3) is 11.2 Å². The number of rotatable bonds is 9. The van der Waals surface area contributed by atoms with Crippen LogP contribution in [0.1, 0.15) is 24.1 Å². The average molecular weight is 552 g/mol. The van der Waals surface area contributed by atoms with Crippen molar-refractivity contribution in [3.63, 3.8) is 0 Å². The van der Waals surface area contributed by atoms with Gasteiger partial charge < -0.3 is 30.2 Å². The molecule has 204 valence electrons. The molecule has 1 aliphatic rings. The summed E-state index contributed by atoms with van der Waals surface area (Å²) in [4.78, 5) is 28.4. The van der Waals surface area contributed by atoms with Crippen molar-refractivity contribution in [2.24, 2.45) is 0 Å². The number of carbonyl (C=O) groups is 1. The van der Waals surface area contributed by atoms with Gasteiger partial charge in [0, 0.05) is 19.7 Å². The highest BCUT2D eigenvalue weighted by atomic mass is 35.5. The van der Waals surface area contributed by atoms with E-state index in [1.54, 1.807) is 32.5 Å². The molecule has 0 aliphatic heterocycles. The normalized spacial score (nSPS) is 16.5. The van der Waals surface area contributed by atoms with Crippen LogP contribution >= 0.6 is 11.6 Å². The summed E-state index contributed by atoms with van der Waals surface area (Å²) in [7, 11) is 5.12. The molecule has 3 aromatic heterocycles. The first-order valence-electron chi connectivity index (χ1n) is 12.4. The number of hydrogen-bond acceptors (Lipinski definition) is 9. The molecule has 4 aromatic rings. The average Bonchev–Trinajstić information content (AvgIpc) is 3.35. The van der Waals surface area contributed by atoms with Gasteiger partial charge in [0.25, 0.3) is 0 Å². The zero-order chi connectivity index (χ0) is 27.5. The van der Waals surface area contributed by atoms with Crippen LogP contribution in [-0.4, -0.2) is 59.0 Å². The molecule has 5 rings (SSSR count). The quantitative estimate of drug-likeness (QED) is 0.296. The SMILES string of the molecule is COc1ccc(CN(C)c2cc(Cl)nc3c2ncn3C(=O)N[C@@H]2CC[C@H]2OCc2cc(N)c(OC)cn2)cc1. The smallest absolute Gasteiger partial charge is 0.328 e. The van der Waals surface area contributed by atoms with Gasteiger partial charge in [0.15, 0.2) is 11.4 Å². The maximum atomic E-state index is 13.2. The predicted octanol–water partition coefficient (Wildman–Crippen LogP) is 4.02. The van der Waals surface area contributed by atoms with E-state index in [4.69, 9.17) is 31.5 Å². The van der Waals surface area contributed by atoms with E-state index in [0.29, 0.717) is 34.8 Å². The van der Waals surface area contributed by atoms with Crippen molar-refractivity contribution in [2.75, 3.05) is 31.9 Å². The zero-order valence-electron chi connectivity index (χ0n) is 21.9. The van der Waals surface area contributed by atoms with Crippen molar-refractivity contribution in [3.8, 4) is 11.5 Å². The molecule has 11 nitrogen and oxygen atoms in total. The van der Waals surface area contributed by atoms with Crippen molar-refractivity contribution in [1.29, 1.82) is 0 Å². The third kappa shape index (κ3) is 5.69. The summed E-state index contributed by atoms with van der Waals surface area (Å²) in [5.74, 6) is 1.31. The summed E-state index contributed by atoms with van der Waals surface area (Å²) in [6.07, 6.45) is 4.51. The van der Waals surface area contributed by atoms with Gasteiger partial charge in [0.1, 0.15) is 22.7 Å². The van der Waals surface area contributed by atoms with Crippen molar-refractivity contribution in [2.45, 2.75) is 38.1 Å². The van der Waals surface area contributed by atoms with Gasteiger partial charge >= 0.3 is 6.03 Å². The van der Waals surface area contributed by atoms with Crippen LogP contribution in [0, 0.1) is 0 Å². The molecule has 1 aromatic carbocycles. The van der Waals surface area contributed by atoms with Crippen LogP contribution in [-0.2, 0) is 17.9 Å². The largest absolute Gasteiger partial charge is 0.497 e. The minimum Gasteiger partial charge on any atom is -0.497 e. The van der Waals surface area contributed by atoms with Gasteiger partial charge in [0.2, 0.25) is 0 Å². The van der Waals surface area contributed by atoms with Crippen LogP contribution in [0.15, 0.2) is 48.9 Å². The number of imidazole rings is 1. The maximum Gasteiger partial charge on any atom is 0.328 e. The van der Waals surface area contributed by atoms with Gasteiger partial charge in [-0.05, 0) is 36.6 Å². The van der Waals surface area contributed by atoms with E-state index in [0.717, 1.165) is 29.8 Å². The van der Waals surface area contributed by atoms with Crippen LogP contribution in [0.3, 0.4) is 0 Å². The highest BCUT2D eigenvalue weighted by Crippen LogP contribution is 2.29. The fourth-order valence-electron chi connectivity index (χ4n) is 4.48. The van der Waals surface area contributed by atoms with E-state index < -0.39 is 0 Å².